The molecule has 194 valence electrons. The minimum Gasteiger partial charge on any atom is -0.388 e. The molecule has 1 aromatic carbocycles. The van der Waals surface area contributed by atoms with Crippen molar-refractivity contribution in [3.05, 3.63) is 65.5 Å². The molecule has 6 atom stereocenters. The van der Waals surface area contributed by atoms with E-state index in [0.717, 1.165) is 56.9 Å². The summed E-state index contributed by atoms with van der Waals surface area (Å²) in [5, 5.41) is 24.5. The first-order valence-corrected chi connectivity index (χ1v) is 13.8. The number of rotatable bonds is 8. The lowest BCUT2D eigenvalue weighted by molar-refractivity contribution is -0.150. The molecule has 36 heavy (non-hydrogen) atoms. The van der Waals surface area contributed by atoms with Crippen LogP contribution >= 0.6 is 0 Å². The molecule has 1 unspecified atom stereocenters. The molecule has 1 aliphatic carbocycles. The number of likely N-dealkylation sites (N-methyl/N-ethyl adjacent to an activating group) is 1. The Morgan fingerprint density at radius 1 is 1.19 bits per heavy atom. The van der Waals surface area contributed by atoms with Crippen LogP contribution in [0.3, 0.4) is 0 Å². The van der Waals surface area contributed by atoms with E-state index in [0.29, 0.717) is 5.92 Å². The zero-order valence-electron chi connectivity index (χ0n) is 22.3. The Bertz CT molecular complexity index is 1160. The first-order valence-electron chi connectivity index (χ1n) is 13.8. The van der Waals surface area contributed by atoms with Gasteiger partial charge in [-0.15, -0.1) is 0 Å². The number of nitrogens with zero attached hydrogens (tertiary/aromatic N) is 2. The fourth-order valence-electron chi connectivity index (χ4n) is 7.01. The van der Waals surface area contributed by atoms with Crippen LogP contribution in [0.5, 0.6) is 0 Å². The van der Waals surface area contributed by atoms with Gasteiger partial charge in [0.25, 0.3) is 0 Å². The van der Waals surface area contributed by atoms with Gasteiger partial charge in [-0.1, -0.05) is 44.6 Å². The second-order valence-electron chi connectivity index (χ2n) is 11.6. The van der Waals surface area contributed by atoms with Gasteiger partial charge in [0.05, 0.1) is 17.3 Å². The van der Waals surface area contributed by atoms with E-state index in [-0.39, 0.29) is 11.6 Å². The number of unbranched alkanes of at least 4 members (excludes halogenated alkanes) is 1. The molecule has 1 aromatic heterocycles. The van der Waals surface area contributed by atoms with Crippen LogP contribution in [0, 0.1) is 5.92 Å². The maximum Gasteiger partial charge on any atom is 0.105 e. The van der Waals surface area contributed by atoms with Crippen LogP contribution in [0.1, 0.15) is 64.4 Å². The Hall–Kier alpha value is -2.05. The lowest BCUT2D eigenvalue weighted by atomic mass is 9.71. The van der Waals surface area contributed by atoms with Gasteiger partial charge in [-0.25, -0.2) is 0 Å². The molecule has 1 spiro atoms. The van der Waals surface area contributed by atoms with E-state index in [1.165, 1.54) is 21.9 Å². The van der Waals surface area contributed by atoms with E-state index in [9.17, 15) is 10.2 Å². The third kappa shape index (κ3) is 4.34. The standard InChI is InChI=1S/C31H42N2O3/c1-5-8-21(2)31-15-14-30(36-31)19-27(33(3)4)29(35)28(34)26(30)18-25(31)10-7-6-9-22-11-12-23-13-16-32-20-24(23)17-22/h10-13,16-18,20-21,27-29,34-35H,5-9,14-15,19H2,1-4H3/b25-10-/t21?,27-,28+,29+,30+,31-/m0/s1. The first kappa shape index (κ1) is 25.6. The number of ether oxygens (including phenoxy) is 1. The molecule has 2 N–H and O–H groups in total. The molecule has 5 heteroatoms. The second kappa shape index (κ2) is 10.0. The summed E-state index contributed by atoms with van der Waals surface area (Å²) in [5.41, 5.74) is 2.67. The van der Waals surface area contributed by atoms with Crippen molar-refractivity contribution in [1.29, 1.82) is 0 Å². The summed E-state index contributed by atoms with van der Waals surface area (Å²) in [7, 11) is 3.96. The molecule has 3 aliphatic rings. The van der Waals surface area contributed by atoms with E-state index >= 15 is 0 Å². The highest BCUT2D eigenvalue weighted by Gasteiger charge is 2.62. The van der Waals surface area contributed by atoms with E-state index < -0.39 is 17.8 Å². The molecule has 1 saturated heterocycles. The summed E-state index contributed by atoms with van der Waals surface area (Å²) in [6.07, 6.45) is 14.5. The first-order chi connectivity index (χ1) is 17.3. The fraction of sp³-hybridized carbons (Fsp3) is 0.581. The molecule has 2 fully saturated rings. The smallest absolute Gasteiger partial charge is 0.105 e. The van der Waals surface area contributed by atoms with Crippen LogP contribution in [-0.4, -0.2) is 63.6 Å². The van der Waals surface area contributed by atoms with Crippen LogP contribution in [0.2, 0.25) is 0 Å². The topological polar surface area (TPSA) is 65.8 Å². The number of pyridine rings is 1. The predicted octanol–water partition coefficient (Wildman–Crippen LogP) is 5.20. The quantitative estimate of drug-likeness (QED) is 0.498. The highest BCUT2D eigenvalue weighted by atomic mass is 16.5. The summed E-state index contributed by atoms with van der Waals surface area (Å²) in [5.74, 6) is 0.403. The highest BCUT2D eigenvalue weighted by molar-refractivity contribution is 5.81. The number of hydrogen-bond donors (Lipinski definition) is 2. The Kier molecular flexibility index (Phi) is 7.12. The lowest BCUT2D eigenvalue weighted by Crippen LogP contribution is -2.60. The molecular formula is C31H42N2O3. The SMILES string of the molecule is CCCC(C)[C@@]12CC[C@]3(C[C@H](N(C)C)[C@@H](O)[C@H](O)C3=C/C1=C/CCCc1ccc3ccncc3c1)O2. The van der Waals surface area contributed by atoms with E-state index in [4.69, 9.17) is 4.74 Å². The minimum atomic E-state index is -0.890. The average Bonchev–Trinajstić information content (AvgIpc) is 3.20. The van der Waals surface area contributed by atoms with Crippen molar-refractivity contribution in [2.75, 3.05) is 14.1 Å². The molecule has 2 aliphatic heterocycles. The number of aryl methyl sites for hydroxylation is 1. The second-order valence-corrected chi connectivity index (χ2v) is 11.6. The van der Waals surface area contributed by atoms with Gasteiger partial charge in [0.15, 0.2) is 0 Å². The Balaban J connectivity index is 1.40. The third-order valence-corrected chi connectivity index (χ3v) is 9.10. The monoisotopic (exact) mass is 490 g/mol. The van der Waals surface area contributed by atoms with E-state index in [2.05, 4.69) is 55.2 Å². The molecular weight excluding hydrogens is 448 g/mol. The van der Waals surface area contributed by atoms with Gasteiger partial charge < -0.3 is 19.8 Å². The van der Waals surface area contributed by atoms with Crippen molar-refractivity contribution in [2.24, 2.45) is 5.92 Å². The number of hydrogen-bond acceptors (Lipinski definition) is 5. The van der Waals surface area contributed by atoms with Gasteiger partial charge in [0, 0.05) is 23.8 Å². The van der Waals surface area contributed by atoms with Crippen molar-refractivity contribution in [2.45, 2.75) is 94.7 Å². The van der Waals surface area contributed by atoms with Gasteiger partial charge in [-0.05, 0) is 99.2 Å². The van der Waals surface area contributed by atoms with Gasteiger partial charge in [0.2, 0.25) is 0 Å². The number of aromatic nitrogens is 1. The van der Waals surface area contributed by atoms with Gasteiger partial charge in [-0.2, -0.15) is 0 Å². The van der Waals surface area contributed by atoms with Crippen molar-refractivity contribution in [1.82, 2.24) is 9.88 Å². The van der Waals surface area contributed by atoms with Crippen LogP contribution in [0.15, 0.2) is 60.0 Å². The molecule has 3 heterocycles. The summed E-state index contributed by atoms with van der Waals surface area (Å²) >= 11 is 0. The number of allylic oxidation sites excluding steroid dienone is 1. The molecule has 0 amide bonds. The summed E-state index contributed by atoms with van der Waals surface area (Å²) in [4.78, 5) is 6.29. The van der Waals surface area contributed by atoms with Crippen LogP contribution in [-0.2, 0) is 11.2 Å². The molecule has 1 saturated carbocycles. The number of aliphatic hydroxyl groups excluding tert-OH is 2. The van der Waals surface area contributed by atoms with Crippen molar-refractivity contribution in [3.8, 4) is 0 Å². The summed E-state index contributed by atoms with van der Waals surface area (Å²) < 4.78 is 7.12. The maximum atomic E-state index is 11.2. The van der Waals surface area contributed by atoms with Crippen LogP contribution < -0.4 is 0 Å². The zero-order chi connectivity index (χ0) is 25.5. The number of benzene rings is 1. The molecule has 0 radical (unpaired) electrons. The number of fused-ring (bicyclic) bond motifs is 2. The van der Waals surface area contributed by atoms with Gasteiger partial charge in [-0.3, -0.25) is 4.98 Å². The normalized spacial score (nSPS) is 33.7. The van der Waals surface area contributed by atoms with Gasteiger partial charge in [0.1, 0.15) is 6.10 Å². The summed E-state index contributed by atoms with van der Waals surface area (Å²) in [6, 6.07) is 8.59. The van der Waals surface area contributed by atoms with E-state index in [1.807, 2.05) is 31.4 Å². The Morgan fingerprint density at radius 3 is 2.81 bits per heavy atom. The molecule has 5 nitrogen and oxygen atoms in total. The average molecular weight is 491 g/mol. The van der Waals surface area contributed by atoms with Crippen molar-refractivity contribution >= 4 is 10.8 Å². The lowest BCUT2D eigenvalue weighted by Gasteiger charge is -2.52. The summed E-state index contributed by atoms with van der Waals surface area (Å²) in [6.45, 7) is 4.57. The fourth-order valence-corrected chi connectivity index (χ4v) is 7.01. The van der Waals surface area contributed by atoms with Crippen LogP contribution in [0.25, 0.3) is 10.8 Å². The molecule has 2 bridgehead atoms. The zero-order valence-corrected chi connectivity index (χ0v) is 22.3. The Morgan fingerprint density at radius 2 is 2.03 bits per heavy atom. The molecule has 5 rings (SSSR count). The largest absolute Gasteiger partial charge is 0.388 e. The highest BCUT2D eigenvalue weighted by Crippen LogP contribution is 2.59. The van der Waals surface area contributed by atoms with Gasteiger partial charge >= 0.3 is 0 Å². The van der Waals surface area contributed by atoms with Crippen LogP contribution in [0.4, 0.5) is 0 Å². The predicted molar refractivity (Wildman–Crippen MR) is 145 cm³/mol. The third-order valence-electron chi connectivity index (χ3n) is 9.10. The van der Waals surface area contributed by atoms with Crippen molar-refractivity contribution in [3.63, 3.8) is 0 Å². The maximum absolute atomic E-state index is 11.2. The minimum absolute atomic E-state index is 0.114. The number of aliphatic hydroxyl groups is 2. The van der Waals surface area contributed by atoms with Crippen molar-refractivity contribution < 1.29 is 14.9 Å². The van der Waals surface area contributed by atoms with E-state index in [1.54, 1.807) is 0 Å². The Labute approximate surface area is 215 Å². The molecule has 2 aromatic rings.